The number of nitrogens with zero attached hydrogens (tertiary/aromatic N) is 1. The van der Waals surface area contributed by atoms with Gasteiger partial charge in [0.05, 0.1) is 18.6 Å². The molecule has 0 heterocycles. The van der Waals surface area contributed by atoms with Crippen LogP contribution in [0.15, 0.2) is 71.0 Å². The third-order valence-corrected chi connectivity index (χ3v) is 3.68. The van der Waals surface area contributed by atoms with Crippen LogP contribution in [0.2, 0.25) is 0 Å². The average molecular weight is 297 g/mol. The molecular formula is C20H27NO. The SMILES string of the molecule is CC/C(=C\C(=NC)c1ccccc1)C(C)/C=C\C=C(/C)OC. The first-order valence-electron chi connectivity index (χ1n) is 7.74. The van der Waals surface area contributed by atoms with E-state index in [0.29, 0.717) is 5.92 Å². The van der Waals surface area contributed by atoms with Crippen molar-refractivity contribution >= 4 is 5.71 Å². The normalized spacial score (nSPS) is 15.2. The lowest BCUT2D eigenvalue weighted by Crippen LogP contribution is -2.02. The highest BCUT2D eigenvalue weighted by Crippen LogP contribution is 2.18. The monoisotopic (exact) mass is 297 g/mol. The number of allylic oxidation sites excluding steroid dienone is 6. The molecular weight excluding hydrogens is 270 g/mol. The van der Waals surface area contributed by atoms with Crippen molar-refractivity contribution in [2.75, 3.05) is 14.2 Å². The van der Waals surface area contributed by atoms with Crippen LogP contribution in [-0.2, 0) is 4.74 Å². The van der Waals surface area contributed by atoms with Crippen molar-refractivity contribution in [2.45, 2.75) is 27.2 Å². The Morgan fingerprint density at radius 3 is 2.50 bits per heavy atom. The van der Waals surface area contributed by atoms with E-state index in [2.05, 4.69) is 49.2 Å². The van der Waals surface area contributed by atoms with Crippen LogP contribution in [-0.4, -0.2) is 19.9 Å². The predicted molar refractivity (Wildman–Crippen MR) is 96.3 cm³/mol. The number of aliphatic imine (C=N–C) groups is 1. The maximum Gasteiger partial charge on any atom is 0.0924 e. The number of hydrogen-bond acceptors (Lipinski definition) is 2. The van der Waals surface area contributed by atoms with Gasteiger partial charge in [0, 0.05) is 7.05 Å². The number of ether oxygens (including phenoxy) is 1. The fraction of sp³-hybridized carbons (Fsp3) is 0.350. The van der Waals surface area contributed by atoms with Crippen LogP contribution in [0.4, 0.5) is 0 Å². The first-order valence-corrected chi connectivity index (χ1v) is 7.74. The summed E-state index contributed by atoms with van der Waals surface area (Å²) in [6, 6.07) is 10.3. The standard InChI is InChI=1S/C20H27NO/c1-6-18(16(2)11-10-12-17(3)22-5)15-20(21-4)19-13-8-7-9-14-19/h7-16H,6H2,1-5H3/b11-10-,17-12+,18-15+,21-20?. The second kappa shape index (κ2) is 9.78. The highest BCUT2D eigenvalue weighted by atomic mass is 16.5. The van der Waals surface area contributed by atoms with Crippen LogP contribution >= 0.6 is 0 Å². The molecule has 1 aromatic carbocycles. The van der Waals surface area contributed by atoms with Crippen LogP contribution in [0.5, 0.6) is 0 Å². The van der Waals surface area contributed by atoms with E-state index in [1.807, 2.05) is 38.2 Å². The lowest BCUT2D eigenvalue weighted by molar-refractivity contribution is 0.294. The topological polar surface area (TPSA) is 21.6 Å². The summed E-state index contributed by atoms with van der Waals surface area (Å²) in [6.07, 6.45) is 9.44. The number of benzene rings is 1. The van der Waals surface area contributed by atoms with E-state index in [1.54, 1.807) is 7.11 Å². The highest BCUT2D eigenvalue weighted by Gasteiger charge is 2.06. The molecule has 0 aliphatic carbocycles. The number of rotatable bonds is 7. The van der Waals surface area contributed by atoms with Crippen LogP contribution in [0, 0.1) is 5.92 Å². The summed E-state index contributed by atoms with van der Waals surface area (Å²) in [6.45, 7) is 6.34. The van der Waals surface area contributed by atoms with Gasteiger partial charge in [-0.2, -0.15) is 0 Å². The van der Waals surface area contributed by atoms with Gasteiger partial charge in [-0.05, 0) is 37.0 Å². The van der Waals surface area contributed by atoms with Crippen LogP contribution < -0.4 is 0 Å². The lowest BCUT2D eigenvalue weighted by atomic mass is 9.95. The quantitative estimate of drug-likeness (QED) is 0.386. The highest BCUT2D eigenvalue weighted by molar-refractivity contribution is 6.09. The van der Waals surface area contributed by atoms with Crippen molar-refractivity contribution in [3.8, 4) is 0 Å². The van der Waals surface area contributed by atoms with Gasteiger partial charge in [0.25, 0.3) is 0 Å². The molecule has 0 amide bonds. The first-order chi connectivity index (χ1) is 10.6. The van der Waals surface area contributed by atoms with Crippen molar-refractivity contribution in [3.63, 3.8) is 0 Å². The molecule has 0 fully saturated rings. The van der Waals surface area contributed by atoms with Gasteiger partial charge in [-0.15, -0.1) is 0 Å². The first kappa shape index (κ1) is 18.0. The molecule has 0 spiro atoms. The fourth-order valence-electron chi connectivity index (χ4n) is 2.17. The second-order valence-electron chi connectivity index (χ2n) is 5.20. The molecule has 2 heteroatoms. The summed E-state index contributed by atoms with van der Waals surface area (Å²) in [7, 11) is 3.53. The third kappa shape index (κ3) is 5.72. The summed E-state index contributed by atoms with van der Waals surface area (Å²) in [5, 5.41) is 0. The average Bonchev–Trinajstić information content (AvgIpc) is 2.56. The molecule has 0 saturated heterocycles. The Bertz CT molecular complexity index is 565. The maximum absolute atomic E-state index is 5.13. The van der Waals surface area contributed by atoms with E-state index in [0.717, 1.165) is 23.5 Å². The largest absolute Gasteiger partial charge is 0.501 e. The minimum Gasteiger partial charge on any atom is -0.501 e. The van der Waals surface area contributed by atoms with Gasteiger partial charge < -0.3 is 4.74 Å². The van der Waals surface area contributed by atoms with Gasteiger partial charge in [0.2, 0.25) is 0 Å². The van der Waals surface area contributed by atoms with Gasteiger partial charge in [0.1, 0.15) is 0 Å². The molecule has 118 valence electrons. The molecule has 0 saturated carbocycles. The molecule has 0 radical (unpaired) electrons. The summed E-state index contributed by atoms with van der Waals surface area (Å²) in [5.41, 5.74) is 3.55. The number of hydrogen-bond donors (Lipinski definition) is 0. The molecule has 22 heavy (non-hydrogen) atoms. The molecule has 1 unspecified atom stereocenters. The molecule has 0 aliphatic rings. The Labute approximate surface area is 134 Å². The van der Waals surface area contributed by atoms with E-state index in [9.17, 15) is 0 Å². The zero-order chi connectivity index (χ0) is 16.4. The lowest BCUT2D eigenvalue weighted by Gasteiger charge is -2.11. The van der Waals surface area contributed by atoms with Crippen molar-refractivity contribution in [2.24, 2.45) is 10.9 Å². The maximum atomic E-state index is 5.13. The van der Waals surface area contributed by atoms with Crippen LogP contribution in [0.1, 0.15) is 32.8 Å². The molecule has 1 aromatic rings. The molecule has 1 rings (SSSR count). The van der Waals surface area contributed by atoms with Crippen LogP contribution in [0.25, 0.3) is 0 Å². The Balaban J connectivity index is 2.94. The van der Waals surface area contributed by atoms with E-state index >= 15 is 0 Å². The van der Waals surface area contributed by atoms with Gasteiger partial charge in [-0.3, -0.25) is 4.99 Å². The van der Waals surface area contributed by atoms with Gasteiger partial charge in [-0.25, -0.2) is 0 Å². The Hall–Kier alpha value is -2.09. The van der Waals surface area contributed by atoms with Crippen molar-refractivity contribution in [3.05, 3.63) is 71.5 Å². The zero-order valence-corrected chi connectivity index (χ0v) is 14.3. The second-order valence-corrected chi connectivity index (χ2v) is 5.20. The smallest absolute Gasteiger partial charge is 0.0924 e. The van der Waals surface area contributed by atoms with Gasteiger partial charge >= 0.3 is 0 Å². The van der Waals surface area contributed by atoms with Gasteiger partial charge in [0.15, 0.2) is 0 Å². The fourth-order valence-corrected chi connectivity index (χ4v) is 2.17. The Kier molecular flexibility index (Phi) is 7.98. The third-order valence-electron chi connectivity index (χ3n) is 3.68. The zero-order valence-electron chi connectivity index (χ0n) is 14.3. The molecule has 0 aromatic heterocycles. The van der Waals surface area contributed by atoms with E-state index in [-0.39, 0.29) is 0 Å². The van der Waals surface area contributed by atoms with Gasteiger partial charge in [-0.1, -0.05) is 61.9 Å². The Morgan fingerprint density at radius 2 is 1.95 bits per heavy atom. The molecule has 1 atom stereocenters. The number of methoxy groups -OCH3 is 1. The summed E-state index contributed by atoms with van der Waals surface area (Å²) in [5.74, 6) is 1.27. The summed E-state index contributed by atoms with van der Waals surface area (Å²) >= 11 is 0. The predicted octanol–water partition coefficient (Wildman–Crippen LogP) is 5.18. The van der Waals surface area contributed by atoms with E-state index in [1.165, 1.54) is 5.57 Å². The summed E-state index contributed by atoms with van der Waals surface area (Å²) < 4.78 is 5.13. The molecule has 0 bridgehead atoms. The minimum absolute atomic E-state index is 0.367. The molecule has 2 nitrogen and oxygen atoms in total. The minimum atomic E-state index is 0.367. The summed E-state index contributed by atoms with van der Waals surface area (Å²) in [4.78, 5) is 4.43. The van der Waals surface area contributed by atoms with Crippen molar-refractivity contribution in [1.29, 1.82) is 0 Å². The molecule has 0 N–H and O–H groups in total. The van der Waals surface area contributed by atoms with Crippen molar-refractivity contribution in [1.82, 2.24) is 0 Å². The van der Waals surface area contributed by atoms with Crippen LogP contribution in [0.3, 0.4) is 0 Å². The van der Waals surface area contributed by atoms with E-state index < -0.39 is 0 Å². The molecule has 0 aliphatic heterocycles. The van der Waals surface area contributed by atoms with Crippen molar-refractivity contribution < 1.29 is 4.74 Å². The Morgan fingerprint density at radius 1 is 1.27 bits per heavy atom. The van der Waals surface area contributed by atoms with E-state index in [4.69, 9.17) is 4.74 Å².